The lowest BCUT2D eigenvalue weighted by Gasteiger charge is -2.26. The van der Waals surface area contributed by atoms with Gasteiger partial charge in [-0.05, 0) is 60.4 Å². The fraction of sp³-hybridized carbons (Fsp3) is 0.217. The minimum Gasteiger partial charge on any atom is -0.374 e. The molecule has 8 heteroatoms. The molecular weight excluding hydrogens is 405 g/mol. The normalized spacial score (nSPS) is 15.4. The summed E-state index contributed by atoms with van der Waals surface area (Å²) in [5.74, 6) is -0.253. The number of nitrogens with zero attached hydrogens (tertiary/aromatic N) is 2. The Morgan fingerprint density at radius 1 is 1.13 bits per heavy atom. The maximum Gasteiger partial charge on any atom is 0.416 e. The third-order valence-electron chi connectivity index (χ3n) is 5.37. The fourth-order valence-corrected chi connectivity index (χ4v) is 3.71. The van der Waals surface area contributed by atoms with Crippen molar-refractivity contribution in [1.82, 2.24) is 9.78 Å². The van der Waals surface area contributed by atoms with E-state index in [2.05, 4.69) is 15.7 Å². The standard InChI is InChI=1S/C23H21F3N4O/c1-13-10-15(4-6-18(13)29-22(31)20-8-9-27-30(20)3)19-7-5-16-12-17(23(24,25)26)11-14(2)21(16)28-19/h4-12,19,28H,1-3H3,(H,29,31). The molecule has 0 saturated carbocycles. The number of alkyl halides is 3. The van der Waals surface area contributed by atoms with Crippen molar-refractivity contribution in [3.05, 3.63) is 82.2 Å². The number of fused-ring (bicyclic) bond motifs is 1. The molecule has 0 aliphatic carbocycles. The number of anilines is 2. The van der Waals surface area contributed by atoms with Crippen LogP contribution in [0.1, 0.15) is 44.3 Å². The second kappa shape index (κ2) is 7.61. The lowest BCUT2D eigenvalue weighted by Crippen LogP contribution is -2.17. The van der Waals surface area contributed by atoms with Crippen LogP contribution in [0.4, 0.5) is 24.5 Å². The molecule has 31 heavy (non-hydrogen) atoms. The van der Waals surface area contributed by atoms with E-state index in [4.69, 9.17) is 0 Å². The highest BCUT2D eigenvalue weighted by molar-refractivity contribution is 6.03. The Kier molecular flexibility index (Phi) is 5.08. The van der Waals surface area contributed by atoms with Crippen molar-refractivity contribution in [1.29, 1.82) is 0 Å². The molecule has 3 aromatic rings. The maximum absolute atomic E-state index is 13.1. The summed E-state index contributed by atoms with van der Waals surface area (Å²) in [4.78, 5) is 12.4. The van der Waals surface area contributed by atoms with Gasteiger partial charge in [0, 0.05) is 24.6 Å². The molecule has 2 N–H and O–H groups in total. The molecule has 2 aromatic carbocycles. The second-order valence-electron chi connectivity index (χ2n) is 7.60. The third-order valence-corrected chi connectivity index (χ3v) is 5.37. The molecule has 1 aliphatic rings. The van der Waals surface area contributed by atoms with E-state index in [1.165, 1.54) is 4.68 Å². The topological polar surface area (TPSA) is 58.9 Å². The quantitative estimate of drug-likeness (QED) is 0.582. The molecule has 0 saturated heterocycles. The maximum atomic E-state index is 13.1. The summed E-state index contributed by atoms with van der Waals surface area (Å²) >= 11 is 0. The van der Waals surface area contributed by atoms with Crippen LogP contribution in [0.5, 0.6) is 0 Å². The minimum absolute atomic E-state index is 0.191. The summed E-state index contributed by atoms with van der Waals surface area (Å²) in [7, 11) is 1.70. The van der Waals surface area contributed by atoms with Crippen LogP contribution >= 0.6 is 0 Å². The molecule has 0 radical (unpaired) electrons. The van der Waals surface area contributed by atoms with Crippen molar-refractivity contribution in [3.63, 3.8) is 0 Å². The average Bonchev–Trinajstić information content (AvgIpc) is 3.14. The summed E-state index contributed by atoms with van der Waals surface area (Å²) in [5.41, 5.74) is 4.03. The van der Waals surface area contributed by atoms with Gasteiger partial charge >= 0.3 is 6.18 Å². The smallest absolute Gasteiger partial charge is 0.374 e. The van der Waals surface area contributed by atoms with E-state index >= 15 is 0 Å². The molecule has 1 amide bonds. The molecule has 1 unspecified atom stereocenters. The Bertz CT molecular complexity index is 1190. The third kappa shape index (κ3) is 4.05. The van der Waals surface area contributed by atoms with Gasteiger partial charge in [0.2, 0.25) is 0 Å². The SMILES string of the molecule is Cc1cc(C2C=Cc3cc(C(F)(F)F)cc(C)c3N2)ccc1NC(=O)c1ccnn1C. The van der Waals surface area contributed by atoms with E-state index in [0.717, 1.165) is 23.3 Å². The highest BCUT2D eigenvalue weighted by atomic mass is 19.4. The Morgan fingerprint density at radius 3 is 2.55 bits per heavy atom. The first-order chi connectivity index (χ1) is 14.6. The van der Waals surface area contributed by atoms with Crippen LogP contribution in [-0.2, 0) is 13.2 Å². The monoisotopic (exact) mass is 426 g/mol. The van der Waals surface area contributed by atoms with Gasteiger partial charge in [-0.3, -0.25) is 9.48 Å². The average molecular weight is 426 g/mol. The molecule has 1 aliphatic heterocycles. The molecule has 4 rings (SSSR count). The van der Waals surface area contributed by atoms with Crippen LogP contribution in [0.15, 0.2) is 48.7 Å². The zero-order valence-electron chi connectivity index (χ0n) is 17.2. The number of rotatable bonds is 3. The number of hydrogen-bond acceptors (Lipinski definition) is 3. The van der Waals surface area contributed by atoms with Gasteiger partial charge in [0.15, 0.2) is 0 Å². The van der Waals surface area contributed by atoms with E-state index in [1.807, 2.05) is 31.2 Å². The van der Waals surface area contributed by atoms with E-state index in [0.29, 0.717) is 28.2 Å². The molecule has 0 fully saturated rings. The number of aromatic nitrogens is 2. The number of aryl methyl sites for hydroxylation is 3. The van der Waals surface area contributed by atoms with Crippen LogP contribution in [-0.4, -0.2) is 15.7 Å². The number of nitrogens with one attached hydrogen (secondary N) is 2. The van der Waals surface area contributed by atoms with Gasteiger partial charge in [-0.1, -0.05) is 24.3 Å². The first kappa shape index (κ1) is 20.7. The fourth-order valence-electron chi connectivity index (χ4n) is 3.71. The van der Waals surface area contributed by atoms with Crippen LogP contribution in [0.3, 0.4) is 0 Å². The van der Waals surface area contributed by atoms with Gasteiger partial charge in [-0.2, -0.15) is 18.3 Å². The van der Waals surface area contributed by atoms with Crippen LogP contribution in [0.25, 0.3) is 6.08 Å². The van der Waals surface area contributed by atoms with Crippen LogP contribution in [0, 0.1) is 13.8 Å². The number of halogens is 3. The Balaban J connectivity index is 1.56. The minimum atomic E-state index is -4.38. The molecule has 2 heterocycles. The zero-order valence-corrected chi connectivity index (χ0v) is 17.2. The summed E-state index contributed by atoms with van der Waals surface area (Å²) < 4.78 is 40.8. The molecule has 1 atom stereocenters. The predicted octanol–water partition coefficient (Wildman–Crippen LogP) is 5.49. The van der Waals surface area contributed by atoms with Gasteiger partial charge in [0.1, 0.15) is 5.69 Å². The van der Waals surface area contributed by atoms with Gasteiger partial charge in [0.25, 0.3) is 5.91 Å². The number of carbonyl (C=O) groups is 1. The number of amides is 1. The highest BCUT2D eigenvalue weighted by Crippen LogP contribution is 2.38. The van der Waals surface area contributed by atoms with Gasteiger partial charge in [-0.25, -0.2) is 0 Å². The van der Waals surface area contributed by atoms with Crippen molar-refractivity contribution >= 4 is 23.4 Å². The van der Waals surface area contributed by atoms with Crippen molar-refractivity contribution < 1.29 is 18.0 Å². The van der Waals surface area contributed by atoms with E-state index in [-0.39, 0.29) is 11.9 Å². The Hall–Kier alpha value is -3.55. The zero-order chi connectivity index (χ0) is 22.3. The van der Waals surface area contributed by atoms with Crippen molar-refractivity contribution in [2.75, 3.05) is 10.6 Å². The molecule has 160 valence electrons. The van der Waals surface area contributed by atoms with Gasteiger partial charge < -0.3 is 10.6 Å². The largest absolute Gasteiger partial charge is 0.416 e. The van der Waals surface area contributed by atoms with Crippen molar-refractivity contribution in [2.24, 2.45) is 7.05 Å². The van der Waals surface area contributed by atoms with Crippen LogP contribution < -0.4 is 10.6 Å². The lowest BCUT2D eigenvalue weighted by atomic mass is 9.95. The summed E-state index contributed by atoms with van der Waals surface area (Å²) in [6, 6.07) is 9.42. The van der Waals surface area contributed by atoms with E-state index in [9.17, 15) is 18.0 Å². The number of hydrogen-bond donors (Lipinski definition) is 2. The molecule has 1 aromatic heterocycles. The van der Waals surface area contributed by atoms with Gasteiger partial charge in [-0.15, -0.1) is 0 Å². The summed E-state index contributed by atoms with van der Waals surface area (Å²) in [6.07, 6.45) is 0.734. The summed E-state index contributed by atoms with van der Waals surface area (Å²) in [6.45, 7) is 3.56. The van der Waals surface area contributed by atoms with Crippen LogP contribution in [0.2, 0.25) is 0 Å². The van der Waals surface area contributed by atoms with Crippen molar-refractivity contribution in [3.8, 4) is 0 Å². The van der Waals surface area contributed by atoms with Crippen molar-refractivity contribution in [2.45, 2.75) is 26.1 Å². The molecule has 0 bridgehead atoms. The Labute approximate surface area is 177 Å². The first-order valence-corrected chi connectivity index (χ1v) is 9.70. The molecular formula is C23H21F3N4O. The lowest BCUT2D eigenvalue weighted by molar-refractivity contribution is -0.137. The summed E-state index contributed by atoms with van der Waals surface area (Å²) in [5, 5.41) is 10.2. The second-order valence-corrected chi connectivity index (χ2v) is 7.60. The van der Waals surface area contributed by atoms with E-state index in [1.54, 1.807) is 32.3 Å². The predicted molar refractivity (Wildman–Crippen MR) is 114 cm³/mol. The van der Waals surface area contributed by atoms with Gasteiger partial charge in [0.05, 0.1) is 11.6 Å². The number of benzene rings is 2. The first-order valence-electron chi connectivity index (χ1n) is 9.70. The number of carbonyl (C=O) groups excluding carboxylic acids is 1. The van der Waals surface area contributed by atoms with E-state index < -0.39 is 11.7 Å². The Morgan fingerprint density at radius 2 is 1.90 bits per heavy atom. The highest BCUT2D eigenvalue weighted by Gasteiger charge is 2.32. The molecule has 0 spiro atoms. The molecule has 5 nitrogen and oxygen atoms in total.